The molecule has 146 valence electrons. The van der Waals surface area contributed by atoms with Gasteiger partial charge >= 0.3 is 0 Å². The monoisotopic (exact) mass is 386 g/mol. The summed E-state index contributed by atoms with van der Waals surface area (Å²) < 4.78 is 10.7. The second-order valence-corrected chi connectivity index (χ2v) is 6.44. The summed E-state index contributed by atoms with van der Waals surface area (Å²) in [7, 11) is 3.24. The third-order valence-electron chi connectivity index (χ3n) is 4.56. The van der Waals surface area contributed by atoms with E-state index >= 15 is 0 Å². The molecule has 0 amide bonds. The summed E-state index contributed by atoms with van der Waals surface area (Å²) in [5.41, 5.74) is 2.80. The van der Waals surface area contributed by atoms with Gasteiger partial charge in [0.1, 0.15) is 17.3 Å². The van der Waals surface area contributed by atoms with E-state index in [9.17, 15) is 0 Å². The van der Waals surface area contributed by atoms with Gasteiger partial charge in [-0.3, -0.25) is 0 Å². The maximum atomic E-state index is 5.47. The summed E-state index contributed by atoms with van der Waals surface area (Å²) in [6.07, 6.45) is 0. The van der Waals surface area contributed by atoms with Crippen LogP contribution in [0, 0.1) is 0 Å². The number of benzene rings is 3. The van der Waals surface area contributed by atoms with Crippen LogP contribution in [0.25, 0.3) is 10.9 Å². The highest BCUT2D eigenvalue weighted by Gasteiger charge is 2.11. The van der Waals surface area contributed by atoms with Crippen molar-refractivity contribution in [3.8, 4) is 11.5 Å². The first-order valence-corrected chi connectivity index (χ1v) is 9.30. The Morgan fingerprint density at radius 1 is 0.828 bits per heavy atom. The molecule has 0 aliphatic carbocycles. The number of hydrogen-bond acceptors (Lipinski definition) is 6. The molecule has 0 saturated heterocycles. The molecule has 4 aromatic rings. The van der Waals surface area contributed by atoms with Gasteiger partial charge < -0.3 is 20.1 Å². The zero-order valence-electron chi connectivity index (χ0n) is 16.3. The number of nitrogens with zero attached hydrogens (tertiary/aromatic N) is 2. The largest absolute Gasteiger partial charge is 0.497 e. The zero-order chi connectivity index (χ0) is 20.1. The van der Waals surface area contributed by atoms with E-state index in [2.05, 4.69) is 27.8 Å². The van der Waals surface area contributed by atoms with E-state index in [1.165, 1.54) is 5.56 Å². The molecule has 0 aliphatic heterocycles. The third-order valence-corrected chi connectivity index (χ3v) is 4.56. The third kappa shape index (κ3) is 4.21. The van der Waals surface area contributed by atoms with Gasteiger partial charge in [-0.1, -0.05) is 42.5 Å². The predicted octanol–water partition coefficient (Wildman–Crippen LogP) is 5.00. The first-order valence-electron chi connectivity index (χ1n) is 9.30. The van der Waals surface area contributed by atoms with Gasteiger partial charge in [0, 0.05) is 18.0 Å². The van der Waals surface area contributed by atoms with E-state index in [4.69, 9.17) is 14.5 Å². The molecule has 0 aliphatic rings. The number of aromatic nitrogens is 2. The van der Waals surface area contributed by atoms with Crippen molar-refractivity contribution in [3.05, 3.63) is 78.4 Å². The van der Waals surface area contributed by atoms with Crippen LogP contribution in [0.5, 0.6) is 11.5 Å². The van der Waals surface area contributed by atoms with E-state index in [0.717, 1.165) is 28.2 Å². The zero-order valence-corrected chi connectivity index (χ0v) is 16.3. The minimum Gasteiger partial charge on any atom is -0.497 e. The molecule has 0 bridgehead atoms. The van der Waals surface area contributed by atoms with Gasteiger partial charge in [0.25, 0.3) is 0 Å². The van der Waals surface area contributed by atoms with Crippen molar-refractivity contribution in [2.24, 2.45) is 0 Å². The Balaban J connectivity index is 1.66. The number of rotatable bonds is 7. The van der Waals surface area contributed by atoms with Crippen molar-refractivity contribution < 1.29 is 9.47 Å². The molecule has 0 saturated carbocycles. The predicted molar refractivity (Wildman–Crippen MR) is 116 cm³/mol. The van der Waals surface area contributed by atoms with Gasteiger partial charge in [-0.15, -0.1) is 0 Å². The lowest BCUT2D eigenvalue weighted by atomic mass is 10.2. The number of methoxy groups -OCH3 is 2. The fraction of sp³-hybridized carbons (Fsp3) is 0.130. The quantitative estimate of drug-likeness (QED) is 0.466. The summed E-state index contributed by atoms with van der Waals surface area (Å²) in [6.45, 7) is 0.674. The van der Waals surface area contributed by atoms with Crippen molar-refractivity contribution in [2.45, 2.75) is 6.54 Å². The smallest absolute Gasteiger partial charge is 0.229 e. The molecule has 1 aromatic heterocycles. The van der Waals surface area contributed by atoms with Crippen LogP contribution in [-0.2, 0) is 6.54 Å². The molecule has 1 heterocycles. The van der Waals surface area contributed by atoms with Crippen LogP contribution in [-0.4, -0.2) is 24.2 Å². The Labute approximate surface area is 169 Å². The number of nitrogens with one attached hydrogen (secondary N) is 2. The summed E-state index contributed by atoms with van der Waals surface area (Å²) in [5.74, 6) is 2.63. The molecule has 4 rings (SSSR count). The molecule has 6 heteroatoms. The molecule has 2 N–H and O–H groups in total. The van der Waals surface area contributed by atoms with Gasteiger partial charge in [0.15, 0.2) is 0 Å². The van der Waals surface area contributed by atoms with E-state index in [-0.39, 0.29) is 0 Å². The maximum Gasteiger partial charge on any atom is 0.229 e. The maximum absolute atomic E-state index is 5.47. The molecule has 0 atom stereocenters. The normalized spacial score (nSPS) is 10.6. The number of fused-ring (bicyclic) bond motifs is 1. The minimum absolute atomic E-state index is 0.489. The van der Waals surface area contributed by atoms with Crippen LogP contribution in [0.2, 0.25) is 0 Å². The molecule has 3 aromatic carbocycles. The second kappa shape index (κ2) is 8.48. The Bertz CT molecular complexity index is 1120. The van der Waals surface area contributed by atoms with Crippen LogP contribution in [0.3, 0.4) is 0 Å². The molecule has 0 unspecified atom stereocenters. The Kier molecular flexibility index (Phi) is 5.42. The minimum atomic E-state index is 0.489. The van der Waals surface area contributed by atoms with Crippen molar-refractivity contribution in [1.29, 1.82) is 0 Å². The first kappa shape index (κ1) is 18.6. The Hall–Kier alpha value is -3.80. The molecule has 6 nitrogen and oxygen atoms in total. The van der Waals surface area contributed by atoms with Crippen LogP contribution in [0.4, 0.5) is 17.5 Å². The highest BCUT2D eigenvalue weighted by molar-refractivity contribution is 5.90. The lowest BCUT2D eigenvalue weighted by Gasteiger charge is -2.14. The van der Waals surface area contributed by atoms with Crippen LogP contribution in [0.15, 0.2) is 72.8 Å². The van der Waals surface area contributed by atoms with Crippen molar-refractivity contribution in [3.63, 3.8) is 0 Å². The summed E-state index contributed by atoms with van der Waals surface area (Å²) in [4.78, 5) is 9.36. The lowest BCUT2D eigenvalue weighted by molar-refractivity contribution is 0.395. The molecule has 0 fully saturated rings. The average molecular weight is 386 g/mol. The number of anilines is 3. The van der Waals surface area contributed by atoms with Gasteiger partial charge in [0.05, 0.1) is 25.4 Å². The standard InChI is InChI=1S/C23H22N4O2/c1-28-17-12-13-20(21(14-17)29-2)26-23-25-19-11-7-6-10-18(19)22(27-23)24-15-16-8-4-3-5-9-16/h3-14H,15H2,1-2H3,(H2,24,25,26,27). The summed E-state index contributed by atoms with van der Waals surface area (Å²) in [6, 6.07) is 23.7. The van der Waals surface area contributed by atoms with Gasteiger partial charge in [0.2, 0.25) is 5.95 Å². The van der Waals surface area contributed by atoms with Crippen LogP contribution >= 0.6 is 0 Å². The van der Waals surface area contributed by atoms with E-state index in [0.29, 0.717) is 18.2 Å². The van der Waals surface area contributed by atoms with Crippen LogP contribution in [0.1, 0.15) is 5.56 Å². The van der Waals surface area contributed by atoms with Crippen molar-refractivity contribution in [2.75, 3.05) is 24.9 Å². The van der Waals surface area contributed by atoms with Crippen molar-refractivity contribution >= 4 is 28.4 Å². The van der Waals surface area contributed by atoms with Gasteiger partial charge in [-0.05, 0) is 29.8 Å². The molecular weight excluding hydrogens is 364 g/mol. The summed E-state index contributed by atoms with van der Waals surface area (Å²) in [5, 5.41) is 7.67. The number of para-hydroxylation sites is 1. The molecule has 0 radical (unpaired) electrons. The topological polar surface area (TPSA) is 68.3 Å². The Morgan fingerprint density at radius 3 is 2.41 bits per heavy atom. The molecular formula is C23H22N4O2. The first-order chi connectivity index (χ1) is 14.3. The van der Waals surface area contributed by atoms with Crippen molar-refractivity contribution in [1.82, 2.24) is 9.97 Å². The average Bonchev–Trinajstić information content (AvgIpc) is 2.78. The fourth-order valence-electron chi connectivity index (χ4n) is 3.07. The van der Waals surface area contributed by atoms with Gasteiger partial charge in [-0.2, -0.15) is 4.98 Å². The van der Waals surface area contributed by atoms with Gasteiger partial charge in [-0.25, -0.2) is 4.98 Å². The van der Waals surface area contributed by atoms with E-state index in [1.54, 1.807) is 14.2 Å². The lowest BCUT2D eigenvalue weighted by Crippen LogP contribution is -2.06. The highest BCUT2D eigenvalue weighted by Crippen LogP contribution is 2.32. The SMILES string of the molecule is COc1ccc(Nc2nc(NCc3ccccc3)c3ccccc3n2)c(OC)c1. The highest BCUT2D eigenvalue weighted by atomic mass is 16.5. The molecule has 29 heavy (non-hydrogen) atoms. The fourth-order valence-corrected chi connectivity index (χ4v) is 3.07. The second-order valence-electron chi connectivity index (χ2n) is 6.44. The number of ether oxygens (including phenoxy) is 2. The van der Waals surface area contributed by atoms with E-state index in [1.807, 2.05) is 60.7 Å². The molecule has 0 spiro atoms. The Morgan fingerprint density at radius 2 is 1.62 bits per heavy atom. The van der Waals surface area contributed by atoms with Crippen LogP contribution < -0.4 is 20.1 Å². The van der Waals surface area contributed by atoms with E-state index < -0.39 is 0 Å². The summed E-state index contributed by atoms with van der Waals surface area (Å²) >= 11 is 0. The number of hydrogen-bond donors (Lipinski definition) is 2.